The van der Waals surface area contributed by atoms with Gasteiger partial charge in [-0.3, -0.25) is 4.79 Å². The molecule has 1 aliphatic carbocycles. The normalized spacial score (nSPS) is 17.8. The number of fused-ring (bicyclic) bond motifs is 1. The lowest BCUT2D eigenvalue weighted by Gasteiger charge is -2.37. The molecule has 2 heterocycles. The average molecular weight is 529 g/mol. The Morgan fingerprint density at radius 2 is 1.83 bits per heavy atom. The van der Waals surface area contributed by atoms with Crippen LogP contribution in [0.5, 0.6) is 5.75 Å². The van der Waals surface area contributed by atoms with Gasteiger partial charge in [-0.15, -0.1) is 11.3 Å². The zero-order valence-electron chi connectivity index (χ0n) is 20.1. The minimum atomic E-state index is -3.81. The Balaban J connectivity index is 1.37. The number of nitrogens with zero attached hydrogens (tertiary/aromatic N) is 2. The van der Waals surface area contributed by atoms with Gasteiger partial charge in [0.05, 0.1) is 17.5 Å². The van der Waals surface area contributed by atoms with Gasteiger partial charge in [0.15, 0.2) is 0 Å². The summed E-state index contributed by atoms with van der Waals surface area (Å²) in [6, 6.07) is 14.2. The van der Waals surface area contributed by atoms with Crippen molar-refractivity contribution in [3.8, 4) is 5.75 Å². The number of carbonyl (C=O) groups is 1. The molecule has 3 aromatic rings. The molecule has 36 heavy (non-hydrogen) atoms. The molecule has 0 unspecified atom stereocenters. The molecule has 0 bridgehead atoms. The number of carbonyl (C=O) groups excluding carboxylic acids is 1. The Hall–Kier alpha value is -2.75. The molecule has 1 saturated carbocycles. The molecule has 1 atom stereocenters. The molecule has 0 radical (unpaired) electrons. The molecule has 2 aromatic carbocycles. The highest BCUT2D eigenvalue weighted by molar-refractivity contribution is 7.89. The third-order valence-electron chi connectivity index (χ3n) is 6.77. The van der Waals surface area contributed by atoms with Crippen molar-refractivity contribution in [2.75, 3.05) is 26.2 Å². The fourth-order valence-corrected chi connectivity index (χ4v) is 6.91. The van der Waals surface area contributed by atoms with Gasteiger partial charge >= 0.3 is 0 Å². The second-order valence-electron chi connectivity index (χ2n) is 9.47. The van der Waals surface area contributed by atoms with Gasteiger partial charge in [-0.1, -0.05) is 17.7 Å². The van der Waals surface area contributed by atoms with Crippen LogP contribution in [0.15, 0.2) is 64.9 Å². The monoisotopic (exact) mass is 528 g/mol. The van der Waals surface area contributed by atoms with E-state index in [0.29, 0.717) is 24.8 Å². The number of halogens is 1. The molecule has 0 N–H and O–H groups in total. The SMILES string of the molecule is Cc1ccc(S(=O)(=O)N(CC(=O)N2CCc3sccc3[C@H]2COc2ccc(F)cc2)CC2CC2)cc1. The lowest BCUT2D eigenvalue weighted by molar-refractivity contribution is -0.135. The zero-order valence-corrected chi connectivity index (χ0v) is 21.7. The number of thiophene rings is 1. The van der Waals surface area contributed by atoms with Crippen molar-refractivity contribution in [1.82, 2.24) is 9.21 Å². The number of sulfonamides is 1. The summed E-state index contributed by atoms with van der Waals surface area (Å²) in [5, 5.41) is 2.00. The number of rotatable bonds is 9. The Kier molecular flexibility index (Phi) is 7.14. The molecule has 1 aliphatic heterocycles. The maximum absolute atomic E-state index is 13.7. The van der Waals surface area contributed by atoms with Crippen molar-refractivity contribution in [3.05, 3.63) is 81.8 Å². The van der Waals surface area contributed by atoms with Crippen LogP contribution in [0.2, 0.25) is 0 Å². The number of hydrogen-bond donors (Lipinski definition) is 0. The van der Waals surface area contributed by atoms with Crippen LogP contribution in [0.4, 0.5) is 4.39 Å². The summed E-state index contributed by atoms with van der Waals surface area (Å²) in [5.41, 5.74) is 2.00. The molecule has 190 valence electrons. The average Bonchev–Trinajstić information content (AvgIpc) is 3.55. The minimum Gasteiger partial charge on any atom is -0.491 e. The third kappa shape index (κ3) is 5.48. The van der Waals surface area contributed by atoms with Crippen LogP contribution in [0.1, 0.15) is 34.9 Å². The van der Waals surface area contributed by atoms with Crippen LogP contribution < -0.4 is 4.74 Å². The molecule has 0 spiro atoms. The summed E-state index contributed by atoms with van der Waals surface area (Å²) >= 11 is 1.65. The fraction of sp³-hybridized carbons (Fsp3) is 0.370. The molecule has 9 heteroatoms. The Morgan fingerprint density at radius 1 is 1.11 bits per heavy atom. The molecular formula is C27H29FN2O4S2. The number of hydrogen-bond acceptors (Lipinski definition) is 5. The molecular weight excluding hydrogens is 499 g/mol. The number of aryl methyl sites for hydroxylation is 1. The topological polar surface area (TPSA) is 66.9 Å². The maximum atomic E-state index is 13.7. The lowest BCUT2D eigenvalue weighted by Crippen LogP contribution is -2.48. The fourth-order valence-electron chi connectivity index (χ4n) is 4.52. The van der Waals surface area contributed by atoms with Gasteiger partial charge in [0, 0.05) is 18.0 Å². The summed E-state index contributed by atoms with van der Waals surface area (Å²) in [5.74, 6) is 0.224. The number of benzene rings is 2. The van der Waals surface area contributed by atoms with Crippen molar-refractivity contribution in [2.24, 2.45) is 5.92 Å². The van der Waals surface area contributed by atoms with Crippen molar-refractivity contribution in [2.45, 2.75) is 37.1 Å². The molecule has 1 amide bonds. The van der Waals surface area contributed by atoms with Crippen LogP contribution in [-0.4, -0.2) is 49.8 Å². The van der Waals surface area contributed by atoms with E-state index in [0.717, 1.165) is 30.4 Å². The Morgan fingerprint density at radius 3 is 2.53 bits per heavy atom. The van der Waals surface area contributed by atoms with E-state index in [4.69, 9.17) is 4.74 Å². The highest BCUT2D eigenvalue weighted by Crippen LogP contribution is 2.35. The highest BCUT2D eigenvalue weighted by Gasteiger charge is 2.37. The first-order valence-electron chi connectivity index (χ1n) is 12.1. The second-order valence-corrected chi connectivity index (χ2v) is 12.4. The number of amides is 1. The zero-order chi connectivity index (χ0) is 25.3. The van der Waals surface area contributed by atoms with Crippen LogP contribution >= 0.6 is 11.3 Å². The molecule has 2 aliphatic rings. The molecule has 0 saturated heterocycles. The quantitative estimate of drug-likeness (QED) is 0.400. The van der Waals surface area contributed by atoms with Gasteiger partial charge in [-0.25, -0.2) is 12.8 Å². The van der Waals surface area contributed by atoms with E-state index in [2.05, 4.69) is 0 Å². The van der Waals surface area contributed by atoms with Gasteiger partial charge in [-0.2, -0.15) is 4.31 Å². The van der Waals surface area contributed by atoms with Gasteiger partial charge < -0.3 is 9.64 Å². The van der Waals surface area contributed by atoms with Gasteiger partial charge in [-0.05, 0) is 85.5 Å². The maximum Gasteiger partial charge on any atom is 0.243 e. The van der Waals surface area contributed by atoms with E-state index < -0.39 is 10.0 Å². The van der Waals surface area contributed by atoms with E-state index in [1.54, 1.807) is 52.6 Å². The van der Waals surface area contributed by atoms with Crippen molar-refractivity contribution >= 4 is 27.3 Å². The summed E-state index contributed by atoms with van der Waals surface area (Å²) in [6.07, 6.45) is 2.67. The summed E-state index contributed by atoms with van der Waals surface area (Å²) in [7, 11) is -3.81. The Labute approximate surface area is 215 Å². The van der Waals surface area contributed by atoms with E-state index in [1.807, 2.05) is 18.4 Å². The first-order valence-corrected chi connectivity index (χ1v) is 14.4. The van der Waals surface area contributed by atoms with Crippen LogP contribution in [-0.2, 0) is 21.2 Å². The van der Waals surface area contributed by atoms with Crippen LogP contribution in [0, 0.1) is 18.7 Å². The smallest absolute Gasteiger partial charge is 0.243 e. The third-order valence-corrected chi connectivity index (χ3v) is 9.59. The van der Waals surface area contributed by atoms with Gasteiger partial charge in [0.2, 0.25) is 15.9 Å². The highest BCUT2D eigenvalue weighted by atomic mass is 32.2. The largest absolute Gasteiger partial charge is 0.491 e. The summed E-state index contributed by atoms with van der Waals surface area (Å²) in [4.78, 5) is 16.8. The van der Waals surface area contributed by atoms with E-state index in [-0.39, 0.29) is 35.8 Å². The molecule has 6 nitrogen and oxygen atoms in total. The molecule has 5 rings (SSSR count). The van der Waals surface area contributed by atoms with E-state index in [9.17, 15) is 17.6 Å². The van der Waals surface area contributed by atoms with E-state index >= 15 is 0 Å². The molecule has 1 fully saturated rings. The van der Waals surface area contributed by atoms with Crippen LogP contribution in [0.3, 0.4) is 0 Å². The van der Waals surface area contributed by atoms with Crippen molar-refractivity contribution in [3.63, 3.8) is 0 Å². The standard InChI is InChI=1S/C27H29FN2O4S2/c1-19-2-10-23(11-3-19)36(32,33)29(16-20-4-5-20)17-27(31)30-14-12-26-24(13-15-35-26)25(30)18-34-22-8-6-21(28)7-9-22/h2-3,6-11,13,15,20,25H,4-5,12,14,16-18H2,1H3/t25-/m1/s1. The second kappa shape index (κ2) is 10.3. The summed E-state index contributed by atoms with van der Waals surface area (Å²) < 4.78 is 47.6. The van der Waals surface area contributed by atoms with E-state index in [1.165, 1.54) is 21.3 Å². The first kappa shape index (κ1) is 24.9. The Bertz CT molecular complexity index is 1320. The minimum absolute atomic E-state index is 0.203. The van der Waals surface area contributed by atoms with Gasteiger partial charge in [0.25, 0.3) is 0 Å². The van der Waals surface area contributed by atoms with Gasteiger partial charge in [0.1, 0.15) is 18.2 Å². The summed E-state index contributed by atoms with van der Waals surface area (Å²) in [6.45, 7) is 2.74. The van der Waals surface area contributed by atoms with Crippen LogP contribution in [0.25, 0.3) is 0 Å². The first-order chi connectivity index (χ1) is 17.3. The van der Waals surface area contributed by atoms with Crippen molar-refractivity contribution < 1.29 is 22.3 Å². The molecule has 1 aromatic heterocycles. The lowest BCUT2D eigenvalue weighted by atomic mass is 10.0. The predicted octanol–water partition coefficient (Wildman–Crippen LogP) is 4.80. The van der Waals surface area contributed by atoms with Crippen molar-refractivity contribution in [1.29, 1.82) is 0 Å². The predicted molar refractivity (Wildman–Crippen MR) is 137 cm³/mol. The number of ether oxygens (including phenoxy) is 1.